The second-order valence-corrected chi connectivity index (χ2v) is 10.7. The number of aliphatic hydroxyl groups excluding tert-OH is 1. The van der Waals surface area contributed by atoms with E-state index in [1.807, 2.05) is 0 Å². The van der Waals surface area contributed by atoms with Gasteiger partial charge in [-0.05, 0) is 36.4 Å². The van der Waals surface area contributed by atoms with Crippen LogP contribution < -0.4 is 4.31 Å². The molecule has 9 heteroatoms. The molecule has 134 valence electrons. The Morgan fingerprint density at radius 3 is 2.12 bits per heavy atom. The molecule has 1 N–H and O–H groups in total. The van der Waals surface area contributed by atoms with Crippen LogP contribution in [0.3, 0.4) is 0 Å². The number of nitrogens with zero attached hydrogens (tertiary/aromatic N) is 1. The maximum absolute atomic E-state index is 13.2. The smallest absolute Gasteiger partial charge is 0.264 e. The number of sulfone groups is 1. The van der Waals surface area contributed by atoms with Gasteiger partial charge in [0.1, 0.15) is 0 Å². The number of hydrogen-bond donors (Lipinski definition) is 1. The van der Waals surface area contributed by atoms with Gasteiger partial charge in [0.25, 0.3) is 10.0 Å². The standard InChI is InChI=1S/C16H16BrNO5S2/c17-12-6-8-14(9-7-12)25(22,23)18(13-4-2-1-3-5-13)15-10-24(20,21)11-16(15)19/h1-9,15-16,19H,10-11H2/t15-,16+/m0/s1. The molecule has 2 atom stereocenters. The monoisotopic (exact) mass is 445 g/mol. The number of hydrogen-bond acceptors (Lipinski definition) is 5. The summed E-state index contributed by atoms with van der Waals surface area (Å²) in [6.45, 7) is 0. The van der Waals surface area contributed by atoms with Crippen LogP contribution in [0.15, 0.2) is 64.0 Å². The van der Waals surface area contributed by atoms with Crippen molar-refractivity contribution in [3.63, 3.8) is 0 Å². The molecule has 1 aliphatic heterocycles. The topological polar surface area (TPSA) is 91.8 Å². The van der Waals surface area contributed by atoms with Gasteiger partial charge in [0.05, 0.1) is 34.2 Å². The molecule has 0 radical (unpaired) electrons. The molecule has 1 fully saturated rings. The SMILES string of the molecule is O=S1(=O)C[C@@H](O)[C@@H](N(c2ccccc2)S(=O)(=O)c2ccc(Br)cc2)C1. The zero-order valence-corrected chi connectivity index (χ0v) is 16.2. The van der Waals surface area contributed by atoms with Crippen molar-refractivity contribution in [2.24, 2.45) is 0 Å². The third kappa shape index (κ3) is 3.74. The van der Waals surface area contributed by atoms with Crippen molar-refractivity contribution in [1.29, 1.82) is 0 Å². The van der Waals surface area contributed by atoms with E-state index in [4.69, 9.17) is 0 Å². The first-order valence-electron chi connectivity index (χ1n) is 7.44. The first-order chi connectivity index (χ1) is 11.7. The third-order valence-corrected chi connectivity index (χ3v) is 8.07. The van der Waals surface area contributed by atoms with E-state index in [1.165, 1.54) is 12.1 Å². The summed E-state index contributed by atoms with van der Waals surface area (Å²) in [6.07, 6.45) is -1.28. The van der Waals surface area contributed by atoms with Crippen molar-refractivity contribution >= 4 is 41.5 Å². The maximum Gasteiger partial charge on any atom is 0.264 e. The van der Waals surface area contributed by atoms with E-state index in [0.717, 1.165) is 8.78 Å². The first-order valence-corrected chi connectivity index (χ1v) is 11.5. The summed E-state index contributed by atoms with van der Waals surface area (Å²) in [7, 11) is -7.56. The van der Waals surface area contributed by atoms with Gasteiger partial charge in [0.2, 0.25) is 0 Å². The Morgan fingerprint density at radius 1 is 1.00 bits per heavy atom. The van der Waals surface area contributed by atoms with Crippen molar-refractivity contribution < 1.29 is 21.9 Å². The summed E-state index contributed by atoms with van der Waals surface area (Å²) in [4.78, 5) is 0.0241. The predicted molar refractivity (Wildman–Crippen MR) is 98.7 cm³/mol. The number of benzene rings is 2. The quantitative estimate of drug-likeness (QED) is 0.774. The third-order valence-electron chi connectivity index (χ3n) is 3.98. The summed E-state index contributed by atoms with van der Waals surface area (Å²) in [6, 6.07) is 13.2. The first kappa shape index (κ1) is 18.4. The van der Waals surface area contributed by atoms with Crippen LogP contribution in [0.1, 0.15) is 0 Å². The number of sulfonamides is 1. The van der Waals surface area contributed by atoms with E-state index in [-0.39, 0.29) is 4.90 Å². The highest BCUT2D eigenvalue weighted by Crippen LogP contribution is 2.31. The van der Waals surface area contributed by atoms with Crippen LogP contribution >= 0.6 is 15.9 Å². The molecule has 2 aromatic rings. The van der Waals surface area contributed by atoms with Crippen molar-refractivity contribution in [3.05, 3.63) is 59.1 Å². The molecule has 0 spiro atoms. The molecule has 25 heavy (non-hydrogen) atoms. The summed E-state index contributed by atoms with van der Waals surface area (Å²) < 4.78 is 51.9. The lowest BCUT2D eigenvalue weighted by atomic mass is 10.2. The summed E-state index contributed by atoms with van der Waals surface area (Å²) in [5, 5.41) is 10.2. The number of para-hydroxylation sites is 1. The Morgan fingerprint density at radius 2 is 1.60 bits per heavy atom. The van der Waals surface area contributed by atoms with E-state index >= 15 is 0 Å². The maximum atomic E-state index is 13.2. The zero-order chi connectivity index (χ0) is 18.2. The highest BCUT2D eigenvalue weighted by Gasteiger charge is 2.44. The number of anilines is 1. The van der Waals surface area contributed by atoms with Gasteiger partial charge in [-0.3, -0.25) is 4.31 Å². The van der Waals surface area contributed by atoms with E-state index in [9.17, 15) is 21.9 Å². The summed E-state index contributed by atoms with van der Waals surface area (Å²) in [5.74, 6) is -0.865. The number of rotatable bonds is 4. The minimum absolute atomic E-state index is 0.0241. The van der Waals surface area contributed by atoms with Crippen LogP contribution in [0.2, 0.25) is 0 Å². The predicted octanol–water partition coefficient (Wildman–Crippen LogP) is 1.80. The molecular weight excluding hydrogens is 430 g/mol. The highest BCUT2D eigenvalue weighted by atomic mass is 79.9. The van der Waals surface area contributed by atoms with Gasteiger partial charge in [0.15, 0.2) is 9.84 Å². The Kier molecular flexibility index (Phi) is 4.93. The van der Waals surface area contributed by atoms with Crippen LogP contribution in [0, 0.1) is 0 Å². The summed E-state index contributed by atoms with van der Waals surface area (Å²) >= 11 is 3.26. The van der Waals surface area contributed by atoms with Gasteiger partial charge < -0.3 is 5.11 Å². The second-order valence-electron chi connectivity index (χ2n) is 5.80. The lowest BCUT2D eigenvalue weighted by molar-refractivity contribution is 0.184. The molecule has 0 bridgehead atoms. The lowest BCUT2D eigenvalue weighted by Gasteiger charge is -2.31. The van der Waals surface area contributed by atoms with Gasteiger partial charge in [-0.25, -0.2) is 16.8 Å². The van der Waals surface area contributed by atoms with Crippen molar-refractivity contribution in [2.45, 2.75) is 17.0 Å². The van der Waals surface area contributed by atoms with Gasteiger partial charge >= 0.3 is 0 Å². The Bertz CT molecular complexity index is 959. The summed E-state index contributed by atoms with van der Waals surface area (Å²) in [5.41, 5.74) is 0.312. The van der Waals surface area contributed by atoms with E-state index in [2.05, 4.69) is 15.9 Å². The molecule has 3 rings (SSSR count). The minimum atomic E-state index is -4.05. The lowest BCUT2D eigenvalue weighted by Crippen LogP contribution is -2.47. The van der Waals surface area contributed by atoms with Crippen LogP contribution in [0.5, 0.6) is 0 Å². The molecule has 1 aliphatic rings. The molecule has 2 aromatic carbocycles. The molecular formula is C16H16BrNO5S2. The molecule has 0 unspecified atom stereocenters. The fraction of sp³-hybridized carbons (Fsp3) is 0.250. The second kappa shape index (κ2) is 6.71. The van der Waals surface area contributed by atoms with E-state index in [1.54, 1.807) is 42.5 Å². The van der Waals surface area contributed by atoms with Gasteiger partial charge in [-0.2, -0.15) is 0 Å². The van der Waals surface area contributed by atoms with Crippen LogP contribution in [-0.2, 0) is 19.9 Å². The molecule has 1 heterocycles. The Balaban J connectivity index is 2.13. The molecule has 0 saturated carbocycles. The number of halogens is 1. The fourth-order valence-corrected chi connectivity index (χ4v) is 6.64. The zero-order valence-electron chi connectivity index (χ0n) is 13.0. The number of aliphatic hydroxyl groups is 1. The van der Waals surface area contributed by atoms with Crippen molar-refractivity contribution in [3.8, 4) is 0 Å². The molecule has 1 saturated heterocycles. The molecule has 0 aliphatic carbocycles. The van der Waals surface area contributed by atoms with Crippen molar-refractivity contribution in [1.82, 2.24) is 0 Å². The largest absolute Gasteiger partial charge is 0.390 e. The Labute approximate surface area is 155 Å². The van der Waals surface area contributed by atoms with Crippen LogP contribution in [0.25, 0.3) is 0 Å². The van der Waals surface area contributed by atoms with Crippen LogP contribution in [0.4, 0.5) is 5.69 Å². The average molecular weight is 446 g/mol. The van der Waals surface area contributed by atoms with Crippen molar-refractivity contribution in [2.75, 3.05) is 15.8 Å². The molecule has 0 aromatic heterocycles. The Hall–Kier alpha value is -1.42. The highest BCUT2D eigenvalue weighted by molar-refractivity contribution is 9.10. The van der Waals surface area contributed by atoms with Gasteiger partial charge in [-0.1, -0.05) is 34.1 Å². The van der Waals surface area contributed by atoms with Crippen LogP contribution in [-0.4, -0.2) is 45.6 Å². The van der Waals surface area contributed by atoms with Gasteiger partial charge in [0, 0.05) is 4.47 Å². The van der Waals surface area contributed by atoms with E-state index < -0.39 is 43.5 Å². The fourth-order valence-electron chi connectivity index (χ4n) is 2.84. The average Bonchev–Trinajstić information content (AvgIpc) is 2.81. The normalized spacial score (nSPS) is 22.6. The molecule has 6 nitrogen and oxygen atoms in total. The van der Waals surface area contributed by atoms with Gasteiger partial charge in [-0.15, -0.1) is 0 Å². The molecule has 0 amide bonds. The van der Waals surface area contributed by atoms with E-state index in [0.29, 0.717) is 5.69 Å². The minimum Gasteiger partial charge on any atom is -0.390 e.